The minimum absolute atomic E-state index is 0.0456. The zero-order valence-electron chi connectivity index (χ0n) is 10.3. The molecule has 1 atom stereocenters. The lowest BCUT2D eigenvalue weighted by Gasteiger charge is -2.14. The van der Waals surface area contributed by atoms with Crippen LogP contribution >= 0.6 is 46.4 Å². The normalized spacial score (nSPS) is 13.0. The number of rotatable bonds is 7. The molecule has 0 spiro atoms. The number of hydrogen-bond donors (Lipinski definition) is 1. The van der Waals surface area contributed by atoms with Crippen LogP contribution in [-0.2, 0) is 19.6 Å². The van der Waals surface area contributed by atoms with E-state index in [1.165, 1.54) is 12.1 Å². The summed E-state index contributed by atoms with van der Waals surface area (Å²) in [4.78, 5) is 21.7. The third-order valence-electron chi connectivity index (χ3n) is 2.40. The number of nitrogens with one attached hydrogen (secondary N) is 1. The highest BCUT2D eigenvalue weighted by atomic mass is 35.5. The van der Waals surface area contributed by atoms with Crippen molar-refractivity contribution in [2.75, 3.05) is 0 Å². The van der Waals surface area contributed by atoms with Crippen molar-refractivity contribution in [2.24, 2.45) is 0 Å². The first-order valence-corrected chi connectivity index (χ1v) is 8.48. The summed E-state index contributed by atoms with van der Waals surface area (Å²) in [6, 6.07) is 2.39. The van der Waals surface area contributed by atoms with E-state index in [9.17, 15) is 18.0 Å². The average molecular weight is 393 g/mol. The minimum Gasteiger partial charge on any atom is -0.281 e. The van der Waals surface area contributed by atoms with Crippen molar-refractivity contribution >= 4 is 66.9 Å². The van der Waals surface area contributed by atoms with Gasteiger partial charge < -0.3 is 0 Å². The van der Waals surface area contributed by atoms with E-state index in [1.54, 1.807) is 0 Å². The third kappa shape index (κ3) is 5.73. The molecule has 1 aromatic carbocycles. The Bertz CT molecular complexity index is 662. The van der Waals surface area contributed by atoms with Crippen LogP contribution in [0.4, 0.5) is 0 Å². The van der Waals surface area contributed by atoms with Crippen molar-refractivity contribution in [3.63, 3.8) is 0 Å². The van der Waals surface area contributed by atoms with Gasteiger partial charge in [-0.1, -0.05) is 23.2 Å². The second kappa shape index (κ2) is 7.76. The monoisotopic (exact) mass is 391 g/mol. The summed E-state index contributed by atoms with van der Waals surface area (Å²) in [7, 11) is -4.04. The molecule has 0 fully saturated rings. The van der Waals surface area contributed by atoms with E-state index < -0.39 is 26.5 Å². The number of hydrogen-bond acceptors (Lipinski definition) is 4. The summed E-state index contributed by atoms with van der Waals surface area (Å²) in [5.41, 5.74) is 0. The van der Waals surface area contributed by atoms with Gasteiger partial charge in [0.2, 0.25) is 20.5 Å². The molecule has 1 rings (SSSR count). The quantitative estimate of drug-likeness (QED) is 0.723. The molecule has 0 radical (unpaired) electrons. The number of halogens is 4. The second-order valence-corrected chi connectivity index (χ2v) is 7.27. The van der Waals surface area contributed by atoms with Crippen molar-refractivity contribution in [2.45, 2.75) is 23.8 Å². The molecule has 1 aromatic rings. The minimum atomic E-state index is -4.04. The van der Waals surface area contributed by atoms with E-state index in [-0.39, 0.29) is 27.8 Å². The zero-order chi connectivity index (χ0) is 16.2. The maximum absolute atomic E-state index is 12.1. The Hall–Kier alpha value is -0.370. The molecule has 0 aliphatic rings. The molecular formula is C11H9Cl4NO4S. The maximum Gasteiger partial charge on any atom is 0.241 e. The summed E-state index contributed by atoms with van der Waals surface area (Å²) in [6.07, 6.45) is -0.347. The Labute approximate surface area is 141 Å². The number of carbonyl (C=O) groups is 2. The predicted octanol–water partition coefficient (Wildman–Crippen LogP) is 2.95. The lowest BCUT2D eigenvalue weighted by atomic mass is 10.2. The molecule has 116 valence electrons. The van der Waals surface area contributed by atoms with E-state index in [4.69, 9.17) is 46.4 Å². The largest absolute Gasteiger partial charge is 0.281 e. The van der Waals surface area contributed by atoms with Gasteiger partial charge in [-0.2, -0.15) is 4.72 Å². The molecule has 0 saturated heterocycles. The Morgan fingerprint density at radius 3 is 2.24 bits per heavy atom. The molecule has 21 heavy (non-hydrogen) atoms. The first kappa shape index (κ1) is 18.7. The average Bonchev–Trinajstić information content (AvgIpc) is 2.37. The molecule has 0 bridgehead atoms. The van der Waals surface area contributed by atoms with Gasteiger partial charge in [-0.25, -0.2) is 8.42 Å². The molecule has 0 aliphatic carbocycles. The van der Waals surface area contributed by atoms with Crippen molar-refractivity contribution in [3.8, 4) is 0 Å². The fraction of sp³-hybridized carbons (Fsp3) is 0.273. The Morgan fingerprint density at radius 2 is 1.76 bits per heavy atom. The second-order valence-electron chi connectivity index (χ2n) is 3.95. The Kier molecular flexibility index (Phi) is 6.90. The van der Waals surface area contributed by atoms with Gasteiger partial charge in [-0.15, -0.1) is 0 Å². The van der Waals surface area contributed by atoms with Gasteiger partial charge >= 0.3 is 0 Å². The summed E-state index contributed by atoms with van der Waals surface area (Å²) >= 11 is 21.9. The molecule has 0 unspecified atom stereocenters. The van der Waals surface area contributed by atoms with E-state index >= 15 is 0 Å². The number of benzene rings is 1. The lowest BCUT2D eigenvalue weighted by molar-refractivity contribution is -0.114. The van der Waals surface area contributed by atoms with Gasteiger partial charge in [0, 0.05) is 6.42 Å². The summed E-state index contributed by atoms with van der Waals surface area (Å²) in [5.74, 6) is 0. The number of carbonyl (C=O) groups excluding carboxylic acids is 2. The molecule has 0 heterocycles. The van der Waals surface area contributed by atoms with Crippen molar-refractivity contribution in [1.29, 1.82) is 0 Å². The molecule has 5 nitrogen and oxygen atoms in total. The lowest BCUT2D eigenvalue weighted by Crippen LogP contribution is -2.39. The van der Waals surface area contributed by atoms with E-state index in [0.29, 0.717) is 0 Å². The van der Waals surface area contributed by atoms with Crippen LogP contribution in [-0.4, -0.2) is 24.9 Å². The zero-order valence-corrected chi connectivity index (χ0v) is 14.1. The molecule has 10 heteroatoms. The topological polar surface area (TPSA) is 80.3 Å². The van der Waals surface area contributed by atoms with Crippen molar-refractivity contribution in [1.82, 2.24) is 4.72 Å². The number of sulfonamides is 1. The van der Waals surface area contributed by atoms with Gasteiger partial charge in [0.05, 0.1) is 21.0 Å². The van der Waals surface area contributed by atoms with Crippen LogP contribution < -0.4 is 4.72 Å². The fourth-order valence-electron chi connectivity index (χ4n) is 1.38. The van der Waals surface area contributed by atoms with Crippen LogP contribution in [0, 0.1) is 0 Å². The summed E-state index contributed by atoms with van der Waals surface area (Å²) < 4.78 is 26.3. The smallest absolute Gasteiger partial charge is 0.241 e. The van der Waals surface area contributed by atoms with Gasteiger partial charge in [-0.3, -0.25) is 9.59 Å². The highest BCUT2D eigenvalue weighted by Crippen LogP contribution is 2.25. The standard InChI is InChI=1S/C11H9Cl4NO4S/c12-7-2-1-6(5-8(7)13)21(19,20)16-9(11(15)18)3-4-10(14)17/h1-2,5,9,16H,3-4H2/t9-/m0/s1. The van der Waals surface area contributed by atoms with Crippen LogP contribution in [0.15, 0.2) is 23.1 Å². The van der Waals surface area contributed by atoms with Gasteiger partial charge in [0.15, 0.2) is 0 Å². The fourth-order valence-corrected chi connectivity index (χ4v) is 3.33. The first-order valence-electron chi connectivity index (χ1n) is 5.48. The van der Waals surface area contributed by atoms with Crippen LogP contribution in [0.2, 0.25) is 10.0 Å². The van der Waals surface area contributed by atoms with Crippen LogP contribution in [0.3, 0.4) is 0 Å². The summed E-state index contributed by atoms with van der Waals surface area (Å²) in [5, 5.41) is -1.42. The van der Waals surface area contributed by atoms with Crippen LogP contribution in [0.5, 0.6) is 0 Å². The summed E-state index contributed by atoms with van der Waals surface area (Å²) in [6.45, 7) is 0. The highest BCUT2D eigenvalue weighted by molar-refractivity contribution is 7.89. The predicted molar refractivity (Wildman–Crippen MR) is 81.5 cm³/mol. The van der Waals surface area contributed by atoms with Crippen molar-refractivity contribution in [3.05, 3.63) is 28.2 Å². The Balaban J connectivity index is 2.97. The highest BCUT2D eigenvalue weighted by Gasteiger charge is 2.25. The van der Waals surface area contributed by atoms with Crippen LogP contribution in [0.25, 0.3) is 0 Å². The van der Waals surface area contributed by atoms with E-state index in [2.05, 4.69) is 4.72 Å². The molecular weight excluding hydrogens is 384 g/mol. The molecule has 0 aliphatic heterocycles. The van der Waals surface area contributed by atoms with Crippen molar-refractivity contribution < 1.29 is 18.0 Å². The molecule has 1 N–H and O–H groups in total. The van der Waals surface area contributed by atoms with Gasteiger partial charge in [-0.05, 0) is 47.8 Å². The van der Waals surface area contributed by atoms with Gasteiger partial charge in [0.25, 0.3) is 0 Å². The molecule has 0 saturated carbocycles. The van der Waals surface area contributed by atoms with E-state index in [1.807, 2.05) is 0 Å². The molecule has 0 amide bonds. The first-order chi connectivity index (χ1) is 9.63. The molecule has 0 aromatic heterocycles. The SMILES string of the molecule is O=C(Cl)CC[C@H](NS(=O)(=O)c1ccc(Cl)c(Cl)c1)C(=O)Cl. The Morgan fingerprint density at radius 1 is 1.14 bits per heavy atom. The van der Waals surface area contributed by atoms with Gasteiger partial charge in [0.1, 0.15) is 0 Å². The maximum atomic E-state index is 12.1. The van der Waals surface area contributed by atoms with Crippen LogP contribution in [0.1, 0.15) is 12.8 Å². The third-order valence-corrected chi connectivity index (χ3v) is 5.06. The van der Waals surface area contributed by atoms with E-state index in [0.717, 1.165) is 6.07 Å².